The van der Waals surface area contributed by atoms with E-state index in [-0.39, 0.29) is 0 Å². The molecule has 2 aromatic rings. The third-order valence-corrected chi connectivity index (χ3v) is 3.06. The first-order valence-electron chi connectivity index (χ1n) is 4.74. The van der Waals surface area contributed by atoms with Crippen LogP contribution in [-0.4, -0.2) is 11.1 Å². The molecule has 1 aromatic heterocycles. The first kappa shape index (κ1) is 10.8. The number of carbonyl (C=O) groups is 1. The van der Waals surface area contributed by atoms with Crippen LogP contribution >= 0.6 is 11.8 Å². The van der Waals surface area contributed by atoms with Crippen molar-refractivity contribution in [3.05, 3.63) is 54.0 Å². The van der Waals surface area contributed by atoms with Gasteiger partial charge in [0.05, 0.1) is 17.6 Å². The molecule has 1 N–H and O–H groups in total. The average molecular weight is 234 g/mol. The minimum atomic E-state index is -0.902. The Bertz CT molecular complexity index is 477. The second-order valence-corrected chi connectivity index (χ2v) is 4.25. The molecule has 2 rings (SSSR count). The third-order valence-electron chi connectivity index (χ3n) is 2.04. The van der Waals surface area contributed by atoms with Crippen LogP contribution in [0.25, 0.3) is 0 Å². The van der Waals surface area contributed by atoms with Crippen LogP contribution < -0.4 is 0 Å². The molecule has 0 saturated carbocycles. The molecule has 1 heterocycles. The summed E-state index contributed by atoms with van der Waals surface area (Å²) in [5.41, 5.74) is 0.310. The molecule has 0 fully saturated rings. The molecule has 0 aliphatic carbocycles. The van der Waals surface area contributed by atoms with Crippen molar-refractivity contribution in [2.75, 3.05) is 0 Å². The molecular weight excluding hydrogens is 224 g/mol. The van der Waals surface area contributed by atoms with Gasteiger partial charge in [-0.15, -0.1) is 11.8 Å². The lowest BCUT2D eigenvalue weighted by Crippen LogP contribution is -1.95. The van der Waals surface area contributed by atoms with Crippen LogP contribution in [0.5, 0.6) is 0 Å². The van der Waals surface area contributed by atoms with Gasteiger partial charge in [0.25, 0.3) is 0 Å². The maximum absolute atomic E-state index is 10.8. The van der Waals surface area contributed by atoms with Crippen LogP contribution in [-0.2, 0) is 5.75 Å². The minimum Gasteiger partial charge on any atom is -0.478 e. The van der Waals surface area contributed by atoms with E-state index < -0.39 is 5.97 Å². The van der Waals surface area contributed by atoms with Crippen LogP contribution in [0.15, 0.2) is 52.0 Å². The molecule has 0 spiro atoms. The third kappa shape index (κ3) is 2.67. The van der Waals surface area contributed by atoms with Gasteiger partial charge in [0, 0.05) is 4.90 Å². The van der Waals surface area contributed by atoms with Crippen molar-refractivity contribution >= 4 is 17.7 Å². The van der Waals surface area contributed by atoms with Crippen molar-refractivity contribution in [2.45, 2.75) is 10.6 Å². The Morgan fingerprint density at radius 2 is 2.19 bits per heavy atom. The normalized spacial score (nSPS) is 10.2. The zero-order valence-electron chi connectivity index (χ0n) is 8.42. The van der Waals surface area contributed by atoms with Crippen molar-refractivity contribution in [3.8, 4) is 0 Å². The highest BCUT2D eigenvalue weighted by molar-refractivity contribution is 7.98. The molecular formula is C12H10O3S. The van der Waals surface area contributed by atoms with Gasteiger partial charge in [0.15, 0.2) is 0 Å². The largest absolute Gasteiger partial charge is 0.478 e. The van der Waals surface area contributed by atoms with Crippen LogP contribution in [0, 0.1) is 0 Å². The van der Waals surface area contributed by atoms with Gasteiger partial charge >= 0.3 is 5.97 Å². The van der Waals surface area contributed by atoms with Crippen molar-refractivity contribution in [1.82, 2.24) is 0 Å². The fourth-order valence-electron chi connectivity index (χ4n) is 1.27. The summed E-state index contributed by atoms with van der Waals surface area (Å²) in [4.78, 5) is 11.7. The van der Waals surface area contributed by atoms with Gasteiger partial charge in [-0.05, 0) is 30.3 Å². The number of carboxylic acids is 1. The summed E-state index contributed by atoms with van der Waals surface area (Å²) < 4.78 is 5.20. The summed E-state index contributed by atoms with van der Waals surface area (Å²) in [7, 11) is 0. The maximum Gasteiger partial charge on any atom is 0.335 e. The molecule has 0 unspecified atom stereocenters. The molecule has 0 saturated heterocycles. The lowest BCUT2D eigenvalue weighted by molar-refractivity contribution is 0.0696. The molecule has 1 aromatic carbocycles. The first-order chi connectivity index (χ1) is 7.75. The molecule has 0 bridgehead atoms. The fraction of sp³-hybridized carbons (Fsp3) is 0.0833. The maximum atomic E-state index is 10.8. The number of aromatic carboxylic acids is 1. The Hall–Kier alpha value is -1.68. The van der Waals surface area contributed by atoms with E-state index in [2.05, 4.69) is 0 Å². The van der Waals surface area contributed by atoms with E-state index in [0.29, 0.717) is 11.3 Å². The summed E-state index contributed by atoms with van der Waals surface area (Å²) >= 11 is 1.55. The molecule has 0 aliphatic heterocycles. The van der Waals surface area contributed by atoms with E-state index >= 15 is 0 Å². The summed E-state index contributed by atoms with van der Waals surface area (Å²) in [5.74, 6) is 0.682. The van der Waals surface area contributed by atoms with Crippen LogP contribution in [0.3, 0.4) is 0 Å². The smallest absolute Gasteiger partial charge is 0.335 e. The fourth-order valence-corrected chi connectivity index (χ4v) is 2.13. The van der Waals surface area contributed by atoms with Gasteiger partial charge in [-0.2, -0.15) is 0 Å². The number of furan rings is 1. The van der Waals surface area contributed by atoms with E-state index in [1.54, 1.807) is 36.2 Å². The predicted octanol–water partition coefficient (Wildman–Crippen LogP) is 3.27. The molecule has 3 nitrogen and oxygen atoms in total. The Balaban J connectivity index is 2.04. The highest BCUT2D eigenvalue weighted by atomic mass is 32.2. The lowest BCUT2D eigenvalue weighted by Gasteiger charge is -2.00. The summed E-state index contributed by atoms with van der Waals surface area (Å²) in [6.07, 6.45) is 1.63. The second-order valence-electron chi connectivity index (χ2n) is 3.20. The summed E-state index contributed by atoms with van der Waals surface area (Å²) in [5, 5.41) is 8.83. The van der Waals surface area contributed by atoms with Crippen molar-refractivity contribution in [2.24, 2.45) is 0 Å². The predicted molar refractivity (Wildman–Crippen MR) is 61.7 cm³/mol. The van der Waals surface area contributed by atoms with Crippen molar-refractivity contribution in [3.63, 3.8) is 0 Å². The molecule has 0 amide bonds. The number of benzene rings is 1. The van der Waals surface area contributed by atoms with E-state index in [1.165, 1.54) is 0 Å². The van der Waals surface area contributed by atoms with Crippen LogP contribution in [0.1, 0.15) is 16.1 Å². The van der Waals surface area contributed by atoms with Gasteiger partial charge in [0.2, 0.25) is 0 Å². The van der Waals surface area contributed by atoms with Crippen LogP contribution in [0.2, 0.25) is 0 Å². The highest BCUT2D eigenvalue weighted by Crippen LogP contribution is 2.23. The van der Waals surface area contributed by atoms with Crippen molar-refractivity contribution < 1.29 is 14.3 Å². The van der Waals surface area contributed by atoms with Crippen LogP contribution in [0.4, 0.5) is 0 Å². The number of thioether (sulfide) groups is 1. The van der Waals surface area contributed by atoms with Gasteiger partial charge in [0.1, 0.15) is 5.76 Å². The van der Waals surface area contributed by atoms with E-state index in [1.807, 2.05) is 18.2 Å². The number of rotatable bonds is 4. The highest BCUT2D eigenvalue weighted by Gasteiger charge is 2.04. The SMILES string of the molecule is O=C(O)c1cccc(SCc2ccco2)c1. The topological polar surface area (TPSA) is 50.4 Å². The Morgan fingerprint density at radius 1 is 1.31 bits per heavy atom. The summed E-state index contributed by atoms with van der Waals surface area (Å²) in [6, 6.07) is 10.6. The van der Waals surface area contributed by atoms with Gasteiger partial charge in [-0.25, -0.2) is 4.79 Å². The minimum absolute atomic E-state index is 0.310. The number of hydrogen-bond acceptors (Lipinski definition) is 3. The molecule has 0 radical (unpaired) electrons. The second kappa shape index (κ2) is 4.90. The van der Waals surface area contributed by atoms with E-state index in [9.17, 15) is 4.79 Å². The summed E-state index contributed by atoms with van der Waals surface area (Å²) in [6.45, 7) is 0. The molecule has 82 valence electrons. The van der Waals surface area contributed by atoms with Gasteiger partial charge in [-0.3, -0.25) is 0 Å². The van der Waals surface area contributed by atoms with Gasteiger partial charge < -0.3 is 9.52 Å². The lowest BCUT2D eigenvalue weighted by atomic mass is 10.2. The first-order valence-corrected chi connectivity index (χ1v) is 5.73. The quantitative estimate of drug-likeness (QED) is 0.825. The average Bonchev–Trinajstić information content (AvgIpc) is 2.79. The van der Waals surface area contributed by atoms with E-state index in [0.717, 1.165) is 10.7 Å². The van der Waals surface area contributed by atoms with Gasteiger partial charge in [-0.1, -0.05) is 6.07 Å². The zero-order chi connectivity index (χ0) is 11.4. The Kier molecular flexibility index (Phi) is 3.31. The number of carboxylic acid groups (broad SMARTS) is 1. The Labute approximate surface area is 97.1 Å². The molecule has 0 atom stereocenters. The van der Waals surface area contributed by atoms with Crippen molar-refractivity contribution in [1.29, 1.82) is 0 Å². The standard InChI is InChI=1S/C12H10O3S/c13-12(14)9-3-1-5-11(7-9)16-8-10-4-2-6-15-10/h1-7H,8H2,(H,13,14). The Morgan fingerprint density at radius 3 is 2.88 bits per heavy atom. The zero-order valence-corrected chi connectivity index (χ0v) is 9.24. The molecule has 0 aliphatic rings. The molecule has 16 heavy (non-hydrogen) atoms. The van der Waals surface area contributed by atoms with E-state index in [4.69, 9.17) is 9.52 Å². The monoisotopic (exact) mass is 234 g/mol. The number of hydrogen-bond donors (Lipinski definition) is 1. The molecule has 4 heteroatoms.